The lowest BCUT2D eigenvalue weighted by Gasteiger charge is -2.20. The molecule has 1 aliphatic carbocycles. The quantitative estimate of drug-likeness (QED) is 0.366. The van der Waals surface area contributed by atoms with Crippen molar-refractivity contribution in [3.05, 3.63) is 23.3 Å². The molecule has 1 unspecified atom stereocenters. The molecule has 1 fully saturated rings. The Labute approximate surface area is 202 Å². The van der Waals surface area contributed by atoms with Crippen LogP contribution in [0.1, 0.15) is 56.3 Å². The number of carbonyl (C=O) groups excluding carboxylic acids is 1. The smallest absolute Gasteiger partial charge is 0.490 e. The van der Waals surface area contributed by atoms with Crippen molar-refractivity contribution in [2.24, 2.45) is 0 Å². The molecule has 0 spiro atoms. The van der Waals surface area contributed by atoms with Crippen LogP contribution in [0.5, 0.6) is 11.5 Å². The Morgan fingerprint density at radius 1 is 1.23 bits per heavy atom. The summed E-state index contributed by atoms with van der Waals surface area (Å²) in [6.07, 6.45) is -1.14. The minimum absolute atomic E-state index is 0.260. The van der Waals surface area contributed by atoms with E-state index in [0.717, 1.165) is 38.0 Å². The Kier molecular flexibility index (Phi) is 7.88. The normalized spacial score (nSPS) is 18.0. The number of ether oxygens (including phenoxy) is 3. The third-order valence-electron chi connectivity index (χ3n) is 6.49. The third kappa shape index (κ3) is 5.74. The molecule has 1 aliphatic heterocycles. The van der Waals surface area contributed by atoms with Gasteiger partial charge in [-0.3, -0.25) is 0 Å². The van der Waals surface area contributed by atoms with E-state index in [9.17, 15) is 18.0 Å². The lowest BCUT2D eigenvalue weighted by Crippen LogP contribution is -2.26. The zero-order chi connectivity index (χ0) is 25.0. The van der Waals surface area contributed by atoms with E-state index < -0.39 is 18.2 Å². The van der Waals surface area contributed by atoms with E-state index in [1.54, 1.807) is 12.1 Å². The summed E-state index contributed by atoms with van der Waals surface area (Å²) in [4.78, 5) is 18.8. The Morgan fingerprint density at radius 2 is 2.00 bits per heavy atom. The number of benzene rings is 1. The number of rotatable bonds is 10. The van der Waals surface area contributed by atoms with Crippen LogP contribution in [0.15, 0.2) is 12.1 Å². The van der Waals surface area contributed by atoms with Crippen LogP contribution in [0, 0.1) is 0 Å². The summed E-state index contributed by atoms with van der Waals surface area (Å²) in [5, 5.41) is 3.87. The summed E-state index contributed by atoms with van der Waals surface area (Å²) in [5.74, 6) is -0.597. The van der Waals surface area contributed by atoms with E-state index in [4.69, 9.17) is 19.2 Å². The first-order valence-corrected chi connectivity index (χ1v) is 12.2. The molecule has 0 saturated carbocycles. The van der Waals surface area contributed by atoms with Crippen LogP contribution in [0.3, 0.4) is 0 Å². The molecular weight excluding hydrogens is 463 g/mol. The molecule has 1 aromatic heterocycles. The number of hydrogen-bond donors (Lipinski definition) is 1. The number of likely N-dealkylation sites (tertiary alicyclic amines) is 1. The molecule has 7 nitrogen and oxygen atoms in total. The van der Waals surface area contributed by atoms with Crippen LogP contribution >= 0.6 is 0 Å². The highest BCUT2D eigenvalue weighted by Crippen LogP contribution is 2.45. The van der Waals surface area contributed by atoms with Gasteiger partial charge in [-0.15, -0.1) is 0 Å². The average Bonchev–Trinajstić information content (AvgIpc) is 3.49. The standard InChI is InChI=1S/C25H32F3N3O4/c1-3-9-29-23-16-7-8-19(35-24(32)25(26,27)28)22(16)17-14-20(33-2)21(15-18(17)30-23)34-13-6-12-31-10-4-5-11-31/h14-15,19H,3-13H2,1-2H3,(H,29,30). The van der Waals surface area contributed by atoms with E-state index in [-0.39, 0.29) is 6.42 Å². The number of halogens is 3. The maximum Gasteiger partial charge on any atom is 0.490 e. The molecule has 2 aromatic rings. The van der Waals surface area contributed by atoms with Crippen molar-refractivity contribution in [1.82, 2.24) is 9.88 Å². The Morgan fingerprint density at radius 3 is 2.69 bits per heavy atom. The fraction of sp³-hybridized carbons (Fsp3) is 0.600. The predicted octanol–water partition coefficient (Wildman–Crippen LogP) is 5.02. The zero-order valence-electron chi connectivity index (χ0n) is 20.2. The number of pyridine rings is 1. The summed E-state index contributed by atoms with van der Waals surface area (Å²) in [6, 6.07) is 3.47. The number of nitrogens with one attached hydrogen (secondary N) is 1. The molecule has 0 amide bonds. The summed E-state index contributed by atoms with van der Waals surface area (Å²) in [7, 11) is 1.52. The highest BCUT2D eigenvalue weighted by Gasteiger charge is 2.44. The second kappa shape index (κ2) is 10.9. The van der Waals surface area contributed by atoms with Gasteiger partial charge in [0.25, 0.3) is 0 Å². The summed E-state index contributed by atoms with van der Waals surface area (Å²) in [6.45, 7) is 6.41. The van der Waals surface area contributed by atoms with E-state index >= 15 is 0 Å². The SMILES string of the molecule is CCCNc1nc2cc(OCCCN3CCCC3)c(OC)cc2c2c1CCC2OC(=O)C(F)(F)F. The number of carbonyl (C=O) groups is 1. The molecule has 0 bridgehead atoms. The molecular formula is C25H32F3N3O4. The summed E-state index contributed by atoms with van der Waals surface area (Å²) >= 11 is 0. The first-order chi connectivity index (χ1) is 16.8. The molecule has 1 N–H and O–H groups in total. The van der Waals surface area contributed by atoms with Crippen LogP contribution in [0.2, 0.25) is 0 Å². The maximum absolute atomic E-state index is 12.9. The van der Waals surface area contributed by atoms with Crippen LogP contribution in [-0.4, -0.2) is 61.9 Å². The number of fused-ring (bicyclic) bond motifs is 3. The molecule has 2 aliphatic rings. The number of anilines is 1. The minimum Gasteiger partial charge on any atom is -0.493 e. The summed E-state index contributed by atoms with van der Waals surface area (Å²) < 4.78 is 55.2. The lowest BCUT2D eigenvalue weighted by atomic mass is 10.0. The molecule has 35 heavy (non-hydrogen) atoms. The molecule has 192 valence electrons. The monoisotopic (exact) mass is 495 g/mol. The highest BCUT2D eigenvalue weighted by molar-refractivity contribution is 5.90. The molecule has 2 heterocycles. The van der Waals surface area contributed by atoms with Crippen LogP contribution in [0.25, 0.3) is 10.9 Å². The Bertz CT molecular complexity index is 1050. The largest absolute Gasteiger partial charge is 0.493 e. The van der Waals surface area contributed by atoms with Gasteiger partial charge in [-0.2, -0.15) is 13.2 Å². The number of hydrogen-bond acceptors (Lipinski definition) is 7. The van der Waals surface area contributed by atoms with Gasteiger partial charge in [-0.05, 0) is 57.7 Å². The zero-order valence-corrected chi connectivity index (χ0v) is 20.2. The first-order valence-electron chi connectivity index (χ1n) is 12.2. The van der Waals surface area contributed by atoms with Gasteiger partial charge in [-0.25, -0.2) is 9.78 Å². The third-order valence-corrected chi connectivity index (χ3v) is 6.49. The van der Waals surface area contributed by atoms with E-state index in [0.29, 0.717) is 53.4 Å². The predicted molar refractivity (Wildman–Crippen MR) is 126 cm³/mol. The molecule has 4 rings (SSSR count). The van der Waals surface area contributed by atoms with Gasteiger partial charge in [0.2, 0.25) is 0 Å². The van der Waals surface area contributed by atoms with Crippen LogP contribution in [0.4, 0.5) is 19.0 Å². The fourth-order valence-corrected chi connectivity index (χ4v) is 4.83. The lowest BCUT2D eigenvalue weighted by molar-refractivity contribution is -0.205. The van der Waals surface area contributed by atoms with E-state index in [1.807, 2.05) is 6.92 Å². The van der Waals surface area contributed by atoms with Crippen molar-refractivity contribution in [2.45, 2.75) is 57.7 Å². The van der Waals surface area contributed by atoms with Gasteiger partial charge >= 0.3 is 12.1 Å². The number of alkyl halides is 3. The number of aromatic nitrogens is 1. The molecule has 1 aromatic carbocycles. The maximum atomic E-state index is 12.9. The summed E-state index contributed by atoms with van der Waals surface area (Å²) in [5.41, 5.74) is 1.87. The Balaban J connectivity index is 1.64. The topological polar surface area (TPSA) is 72.9 Å². The Hall–Kier alpha value is -2.75. The van der Waals surface area contributed by atoms with E-state index in [1.165, 1.54) is 20.0 Å². The molecule has 0 radical (unpaired) electrons. The molecule has 1 saturated heterocycles. The van der Waals surface area contributed by atoms with Crippen molar-refractivity contribution in [1.29, 1.82) is 0 Å². The number of nitrogens with zero attached hydrogens (tertiary/aromatic N) is 2. The van der Waals surface area contributed by atoms with Gasteiger partial charge < -0.3 is 24.4 Å². The van der Waals surface area contributed by atoms with Gasteiger partial charge in [0, 0.05) is 35.7 Å². The minimum atomic E-state index is -5.05. The van der Waals surface area contributed by atoms with Crippen LogP contribution < -0.4 is 14.8 Å². The van der Waals surface area contributed by atoms with Crippen molar-refractivity contribution < 1.29 is 32.2 Å². The second-order valence-electron chi connectivity index (χ2n) is 8.98. The fourth-order valence-electron chi connectivity index (χ4n) is 4.83. The van der Waals surface area contributed by atoms with E-state index in [2.05, 4.69) is 10.2 Å². The van der Waals surface area contributed by atoms with Gasteiger partial charge in [0.15, 0.2) is 11.5 Å². The van der Waals surface area contributed by atoms with Crippen molar-refractivity contribution >= 4 is 22.7 Å². The van der Waals surface area contributed by atoms with Gasteiger partial charge in [0.1, 0.15) is 11.9 Å². The number of methoxy groups -OCH3 is 1. The highest BCUT2D eigenvalue weighted by atomic mass is 19.4. The first kappa shape index (κ1) is 25.3. The van der Waals surface area contributed by atoms with Crippen molar-refractivity contribution in [3.8, 4) is 11.5 Å². The average molecular weight is 496 g/mol. The molecule has 1 atom stereocenters. The van der Waals surface area contributed by atoms with Gasteiger partial charge in [-0.1, -0.05) is 6.92 Å². The molecule has 10 heteroatoms. The second-order valence-corrected chi connectivity index (χ2v) is 8.98. The van der Waals surface area contributed by atoms with Gasteiger partial charge in [0.05, 0.1) is 19.2 Å². The van der Waals surface area contributed by atoms with Crippen molar-refractivity contribution in [2.75, 3.05) is 45.2 Å². The van der Waals surface area contributed by atoms with Crippen LogP contribution in [-0.2, 0) is 16.0 Å². The van der Waals surface area contributed by atoms with Crippen molar-refractivity contribution in [3.63, 3.8) is 0 Å². The number of esters is 1.